The van der Waals surface area contributed by atoms with Gasteiger partial charge in [0.25, 0.3) is 0 Å². The molecule has 1 unspecified atom stereocenters. The summed E-state index contributed by atoms with van der Waals surface area (Å²) >= 11 is 0. The molecule has 5 heteroatoms. The lowest BCUT2D eigenvalue weighted by Gasteiger charge is -2.18. The summed E-state index contributed by atoms with van der Waals surface area (Å²) in [7, 11) is 0. The molecular formula is C63H106O5. The van der Waals surface area contributed by atoms with E-state index in [9.17, 15) is 9.59 Å². The Kier molecular flexibility index (Phi) is 54.9. The van der Waals surface area contributed by atoms with Crippen molar-refractivity contribution in [3.8, 4) is 0 Å². The molecule has 0 aliphatic carbocycles. The molecule has 0 saturated carbocycles. The summed E-state index contributed by atoms with van der Waals surface area (Å²) in [5.74, 6) is -0.437. The number of ether oxygens (including phenoxy) is 3. The Balaban J connectivity index is 4.33. The van der Waals surface area contributed by atoms with Crippen LogP contribution in [0.3, 0.4) is 0 Å². The van der Waals surface area contributed by atoms with Gasteiger partial charge in [-0.05, 0) is 122 Å². The minimum Gasteiger partial charge on any atom is -0.462 e. The van der Waals surface area contributed by atoms with E-state index in [1.807, 2.05) is 0 Å². The van der Waals surface area contributed by atoms with Gasteiger partial charge in [0.05, 0.1) is 6.61 Å². The van der Waals surface area contributed by atoms with E-state index in [0.29, 0.717) is 19.4 Å². The standard InChI is InChI=1S/C63H106O5/c1-4-7-10-13-16-19-22-25-27-29-31-33-35-37-40-43-46-49-52-55-58-66-59-61(68-63(65)57-54-51-48-45-42-38-24-21-18-15-12-9-6-3)60-67-62(64)56-53-50-47-44-41-39-36-34-32-30-28-26-23-20-17-14-11-8-5-2/h8,11-12,15-17,19-21,24-28,31-34,61H,4-7,9-10,13-14,18,22-23,29-30,35-60H2,1-3H3/b11-8-,15-12-,19-16-,20-17-,24-21-,27-25-,28-26-,33-31-,34-32-. The fraction of sp³-hybridized carbons (Fsp3) is 0.683. The molecule has 0 saturated heterocycles. The van der Waals surface area contributed by atoms with E-state index in [-0.39, 0.29) is 25.2 Å². The Hall–Kier alpha value is -3.44. The minimum absolute atomic E-state index is 0.0620. The first-order valence-corrected chi connectivity index (χ1v) is 28.4. The number of carbonyl (C=O) groups is 2. The lowest BCUT2D eigenvalue weighted by Crippen LogP contribution is -2.30. The second kappa shape index (κ2) is 57.9. The van der Waals surface area contributed by atoms with E-state index >= 15 is 0 Å². The molecule has 0 bridgehead atoms. The van der Waals surface area contributed by atoms with Gasteiger partial charge in [-0.2, -0.15) is 0 Å². The number of esters is 2. The van der Waals surface area contributed by atoms with Gasteiger partial charge in [-0.3, -0.25) is 9.59 Å². The highest BCUT2D eigenvalue weighted by Crippen LogP contribution is 2.13. The van der Waals surface area contributed by atoms with Gasteiger partial charge in [-0.15, -0.1) is 0 Å². The highest BCUT2D eigenvalue weighted by atomic mass is 16.6. The molecule has 0 heterocycles. The summed E-state index contributed by atoms with van der Waals surface area (Å²) in [5, 5.41) is 0. The monoisotopic (exact) mass is 943 g/mol. The maximum absolute atomic E-state index is 12.8. The average Bonchev–Trinajstić information content (AvgIpc) is 3.34. The van der Waals surface area contributed by atoms with E-state index in [2.05, 4.69) is 130 Å². The molecule has 0 aromatic heterocycles. The zero-order valence-electron chi connectivity index (χ0n) is 44.6. The van der Waals surface area contributed by atoms with Gasteiger partial charge in [0.1, 0.15) is 6.61 Å². The first-order chi connectivity index (χ1) is 33.6. The summed E-state index contributed by atoms with van der Waals surface area (Å²) < 4.78 is 17.4. The third-order valence-electron chi connectivity index (χ3n) is 11.7. The lowest BCUT2D eigenvalue weighted by molar-refractivity contribution is -0.163. The van der Waals surface area contributed by atoms with Gasteiger partial charge in [0.2, 0.25) is 0 Å². The highest BCUT2D eigenvalue weighted by molar-refractivity contribution is 5.70. The Morgan fingerprint density at radius 2 is 0.691 bits per heavy atom. The molecule has 0 radical (unpaired) electrons. The van der Waals surface area contributed by atoms with Crippen molar-refractivity contribution in [2.24, 2.45) is 0 Å². The summed E-state index contributed by atoms with van der Waals surface area (Å²) in [6.45, 7) is 7.58. The quantitative estimate of drug-likeness (QED) is 0.0345. The van der Waals surface area contributed by atoms with E-state index in [1.165, 1.54) is 103 Å². The Bertz CT molecular complexity index is 1340. The van der Waals surface area contributed by atoms with Crippen molar-refractivity contribution >= 4 is 11.9 Å². The second-order valence-corrected chi connectivity index (χ2v) is 18.4. The predicted octanol–water partition coefficient (Wildman–Crippen LogP) is 19.6. The number of hydrogen-bond acceptors (Lipinski definition) is 5. The zero-order chi connectivity index (χ0) is 49.2. The van der Waals surface area contributed by atoms with Crippen LogP contribution >= 0.6 is 0 Å². The SMILES string of the molecule is CC/C=C\C/C=C\C/C=C\C/C=C\CCCCCCCCC(=O)OCC(COCCCCCCCCC/C=C\C/C=C\C/C=C\CCCCC)OC(=O)CCCCCCC/C=C\C/C=C\CCC. The van der Waals surface area contributed by atoms with Crippen LogP contribution in [0.4, 0.5) is 0 Å². The van der Waals surface area contributed by atoms with Crippen LogP contribution < -0.4 is 0 Å². The molecule has 0 amide bonds. The largest absolute Gasteiger partial charge is 0.462 e. The molecule has 68 heavy (non-hydrogen) atoms. The summed E-state index contributed by atoms with van der Waals surface area (Å²) in [5.41, 5.74) is 0. The Morgan fingerprint density at radius 1 is 0.338 bits per heavy atom. The normalized spacial score (nSPS) is 13.0. The van der Waals surface area contributed by atoms with Crippen LogP contribution in [-0.4, -0.2) is 37.9 Å². The van der Waals surface area contributed by atoms with Crippen molar-refractivity contribution in [1.82, 2.24) is 0 Å². The molecule has 0 spiro atoms. The topological polar surface area (TPSA) is 61.8 Å². The molecule has 0 fully saturated rings. The second-order valence-electron chi connectivity index (χ2n) is 18.4. The Morgan fingerprint density at radius 3 is 1.12 bits per heavy atom. The zero-order valence-corrected chi connectivity index (χ0v) is 44.6. The number of allylic oxidation sites excluding steroid dienone is 18. The lowest BCUT2D eigenvalue weighted by atomic mass is 10.1. The van der Waals surface area contributed by atoms with Crippen LogP contribution in [0, 0.1) is 0 Å². The first-order valence-electron chi connectivity index (χ1n) is 28.4. The molecule has 0 rings (SSSR count). The molecule has 0 aromatic carbocycles. The molecule has 0 aliphatic heterocycles. The van der Waals surface area contributed by atoms with Gasteiger partial charge in [-0.25, -0.2) is 0 Å². The summed E-state index contributed by atoms with van der Waals surface area (Å²) in [6, 6.07) is 0. The van der Waals surface area contributed by atoms with E-state index in [1.54, 1.807) is 0 Å². The van der Waals surface area contributed by atoms with E-state index in [4.69, 9.17) is 14.2 Å². The van der Waals surface area contributed by atoms with Crippen LogP contribution in [-0.2, 0) is 23.8 Å². The van der Waals surface area contributed by atoms with Crippen LogP contribution in [0.5, 0.6) is 0 Å². The smallest absolute Gasteiger partial charge is 0.306 e. The van der Waals surface area contributed by atoms with E-state index in [0.717, 1.165) is 116 Å². The van der Waals surface area contributed by atoms with Crippen molar-refractivity contribution in [2.75, 3.05) is 19.8 Å². The van der Waals surface area contributed by atoms with Gasteiger partial charge >= 0.3 is 11.9 Å². The maximum atomic E-state index is 12.8. The van der Waals surface area contributed by atoms with Crippen molar-refractivity contribution in [2.45, 2.75) is 258 Å². The molecule has 5 nitrogen and oxygen atoms in total. The predicted molar refractivity (Wildman–Crippen MR) is 297 cm³/mol. The molecule has 1 atom stereocenters. The third-order valence-corrected chi connectivity index (χ3v) is 11.7. The van der Waals surface area contributed by atoms with Crippen molar-refractivity contribution in [1.29, 1.82) is 0 Å². The van der Waals surface area contributed by atoms with Gasteiger partial charge in [0, 0.05) is 19.4 Å². The number of rotatable bonds is 51. The van der Waals surface area contributed by atoms with Gasteiger partial charge < -0.3 is 14.2 Å². The van der Waals surface area contributed by atoms with Crippen molar-refractivity contribution < 1.29 is 23.8 Å². The van der Waals surface area contributed by atoms with Crippen LogP contribution in [0.2, 0.25) is 0 Å². The molecular weight excluding hydrogens is 837 g/mol. The third kappa shape index (κ3) is 55.2. The molecule has 0 N–H and O–H groups in total. The molecule has 0 aromatic rings. The number of carbonyl (C=O) groups excluding carboxylic acids is 2. The summed E-state index contributed by atoms with van der Waals surface area (Å²) in [6.07, 6.45) is 79.6. The highest BCUT2D eigenvalue weighted by Gasteiger charge is 2.17. The van der Waals surface area contributed by atoms with Gasteiger partial charge in [0.15, 0.2) is 6.10 Å². The summed E-state index contributed by atoms with van der Waals surface area (Å²) in [4.78, 5) is 25.5. The fourth-order valence-corrected chi connectivity index (χ4v) is 7.55. The van der Waals surface area contributed by atoms with Crippen LogP contribution in [0.25, 0.3) is 0 Å². The van der Waals surface area contributed by atoms with Crippen molar-refractivity contribution in [3.63, 3.8) is 0 Å². The Labute approximate surface area is 421 Å². The minimum atomic E-state index is -0.562. The maximum Gasteiger partial charge on any atom is 0.306 e. The van der Waals surface area contributed by atoms with Crippen LogP contribution in [0.15, 0.2) is 109 Å². The molecule has 388 valence electrons. The number of unbranched alkanes of at least 4 members (excludes halogenated alkanes) is 22. The first kappa shape index (κ1) is 64.6. The van der Waals surface area contributed by atoms with Crippen molar-refractivity contribution in [3.05, 3.63) is 109 Å². The average molecular weight is 944 g/mol. The fourth-order valence-electron chi connectivity index (χ4n) is 7.55. The van der Waals surface area contributed by atoms with E-state index < -0.39 is 6.10 Å². The van der Waals surface area contributed by atoms with Crippen LogP contribution in [0.1, 0.15) is 252 Å². The molecule has 0 aliphatic rings. The number of hydrogen-bond donors (Lipinski definition) is 0. The van der Waals surface area contributed by atoms with Gasteiger partial charge in [-0.1, -0.05) is 226 Å².